The molecule has 9 heteroatoms. The van der Waals surface area contributed by atoms with Crippen molar-refractivity contribution in [2.45, 2.75) is 64.5 Å². The van der Waals surface area contributed by atoms with Crippen molar-refractivity contribution in [3.8, 4) is 11.5 Å². The molecule has 1 saturated heterocycles. The van der Waals surface area contributed by atoms with Crippen LogP contribution in [0.25, 0.3) is 10.9 Å². The molecule has 1 unspecified atom stereocenters. The minimum Gasteiger partial charge on any atom is -0.454 e. The number of ether oxygens (including phenoxy) is 2. The Labute approximate surface area is 186 Å². The van der Waals surface area contributed by atoms with E-state index in [0.717, 1.165) is 43.3 Å². The van der Waals surface area contributed by atoms with Gasteiger partial charge in [-0.25, -0.2) is 4.68 Å². The number of pyridine rings is 1. The quantitative estimate of drug-likeness (QED) is 0.652. The topological polar surface area (TPSA) is 98.2 Å². The van der Waals surface area contributed by atoms with Gasteiger partial charge in [0.15, 0.2) is 17.3 Å². The van der Waals surface area contributed by atoms with Crippen LogP contribution >= 0.6 is 0 Å². The lowest BCUT2D eigenvalue weighted by atomic mass is 9.99. The molecule has 1 N–H and O–H groups in total. The lowest BCUT2D eigenvalue weighted by Gasteiger charge is -2.32. The third-order valence-electron chi connectivity index (χ3n) is 6.84. The Morgan fingerprint density at radius 3 is 2.53 bits per heavy atom. The monoisotopic (exact) mass is 438 g/mol. The number of H-pyrrole nitrogens is 1. The second-order valence-corrected chi connectivity index (χ2v) is 9.31. The van der Waals surface area contributed by atoms with Crippen molar-refractivity contribution in [3.05, 3.63) is 39.9 Å². The molecule has 2 aromatic heterocycles. The van der Waals surface area contributed by atoms with Crippen molar-refractivity contribution in [2.75, 3.05) is 19.9 Å². The van der Waals surface area contributed by atoms with Crippen LogP contribution in [0.1, 0.15) is 70.3 Å². The Bertz CT molecular complexity index is 1180. The van der Waals surface area contributed by atoms with Gasteiger partial charge in [0.1, 0.15) is 6.04 Å². The van der Waals surface area contributed by atoms with E-state index in [1.54, 1.807) is 0 Å². The minimum absolute atomic E-state index is 0.130. The highest BCUT2D eigenvalue weighted by Gasteiger charge is 2.34. The minimum atomic E-state index is -0.326. The van der Waals surface area contributed by atoms with Gasteiger partial charge in [-0.3, -0.25) is 9.69 Å². The van der Waals surface area contributed by atoms with Gasteiger partial charge < -0.3 is 14.5 Å². The summed E-state index contributed by atoms with van der Waals surface area (Å²) in [5.74, 6) is 2.06. The van der Waals surface area contributed by atoms with Gasteiger partial charge in [-0.15, -0.1) is 5.10 Å². The Balaban J connectivity index is 1.68. The van der Waals surface area contributed by atoms with E-state index in [0.29, 0.717) is 22.9 Å². The fraction of sp³-hybridized carbons (Fsp3) is 0.565. The predicted molar refractivity (Wildman–Crippen MR) is 120 cm³/mol. The van der Waals surface area contributed by atoms with Gasteiger partial charge in [0, 0.05) is 17.0 Å². The number of nitrogens with one attached hydrogen (secondary N) is 1. The largest absolute Gasteiger partial charge is 0.454 e. The number of benzene rings is 1. The summed E-state index contributed by atoms with van der Waals surface area (Å²) in [6.07, 6.45) is 5.46. The molecule has 1 atom stereocenters. The van der Waals surface area contributed by atoms with Crippen molar-refractivity contribution in [1.29, 1.82) is 0 Å². The molecule has 9 nitrogen and oxygen atoms in total. The van der Waals surface area contributed by atoms with Crippen molar-refractivity contribution in [1.82, 2.24) is 30.1 Å². The van der Waals surface area contributed by atoms with Gasteiger partial charge in [0.25, 0.3) is 5.56 Å². The van der Waals surface area contributed by atoms with E-state index in [9.17, 15) is 4.79 Å². The van der Waals surface area contributed by atoms with Crippen LogP contribution in [0.4, 0.5) is 0 Å². The van der Waals surface area contributed by atoms with Gasteiger partial charge in [0.05, 0.1) is 11.1 Å². The van der Waals surface area contributed by atoms with Crippen molar-refractivity contribution < 1.29 is 9.47 Å². The lowest BCUT2D eigenvalue weighted by Crippen LogP contribution is -2.38. The van der Waals surface area contributed by atoms with Crippen LogP contribution in [0, 0.1) is 0 Å². The van der Waals surface area contributed by atoms with Crippen LogP contribution in [-0.4, -0.2) is 50.0 Å². The van der Waals surface area contributed by atoms with Crippen molar-refractivity contribution in [2.24, 2.45) is 0 Å². The fourth-order valence-corrected chi connectivity index (χ4v) is 4.61. The molecule has 0 radical (unpaired) electrons. The lowest BCUT2D eigenvalue weighted by molar-refractivity contribution is 0.174. The summed E-state index contributed by atoms with van der Waals surface area (Å²) < 4.78 is 12.9. The Morgan fingerprint density at radius 1 is 1.09 bits per heavy atom. The van der Waals surface area contributed by atoms with E-state index in [1.165, 1.54) is 12.8 Å². The molecule has 0 spiro atoms. The van der Waals surface area contributed by atoms with Gasteiger partial charge in [-0.05, 0) is 68.8 Å². The van der Waals surface area contributed by atoms with Crippen LogP contribution in [0.15, 0.2) is 23.0 Å². The van der Waals surface area contributed by atoms with Crippen molar-refractivity contribution in [3.63, 3.8) is 0 Å². The number of tetrazole rings is 1. The zero-order valence-corrected chi connectivity index (χ0v) is 18.9. The molecule has 170 valence electrons. The number of fused-ring (bicyclic) bond motifs is 2. The Morgan fingerprint density at radius 2 is 1.81 bits per heavy atom. The molecular formula is C23H30N6O3. The summed E-state index contributed by atoms with van der Waals surface area (Å²) in [7, 11) is 0. The van der Waals surface area contributed by atoms with Crippen LogP contribution < -0.4 is 15.0 Å². The maximum atomic E-state index is 13.4. The highest BCUT2D eigenvalue weighted by molar-refractivity contribution is 5.83. The van der Waals surface area contributed by atoms with Crippen molar-refractivity contribution >= 4 is 10.9 Å². The predicted octanol–water partition coefficient (Wildman–Crippen LogP) is 3.35. The summed E-state index contributed by atoms with van der Waals surface area (Å²) in [6.45, 7) is 8.37. The van der Waals surface area contributed by atoms with E-state index in [1.807, 2.05) is 22.9 Å². The molecule has 1 aromatic carbocycles. The molecular weight excluding hydrogens is 408 g/mol. The number of aromatic nitrogens is 5. The SMILES string of the molecule is CCC(C)(C)n1nnnc1C(c1cc2cc3c(cc2[nH]c1=O)OCO3)N1CCCCCC1. The number of hydrogen-bond donors (Lipinski definition) is 1. The van der Waals surface area contributed by atoms with Gasteiger partial charge >= 0.3 is 0 Å². The highest BCUT2D eigenvalue weighted by Crippen LogP contribution is 2.37. The van der Waals surface area contributed by atoms with Crippen LogP contribution in [-0.2, 0) is 5.54 Å². The Hall–Kier alpha value is -2.94. The number of hydrogen-bond acceptors (Lipinski definition) is 7. The molecule has 0 saturated carbocycles. The first-order chi connectivity index (χ1) is 15.5. The van der Waals surface area contributed by atoms with Crippen LogP contribution in [0.2, 0.25) is 0 Å². The second-order valence-electron chi connectivity index (χ2n) is 9.31. The van der Waals surface area contributed by atoms with E-state index < -0.39 is 0 Å². The zero-order valence-electron chi connectivity index (χ0n) is 18.9. The third kappa shape index (κ3) is 3.64. The molecule has 5 rings (SSSR count). The summed E-state index contributed by atoms with van der Waals surface area (Å²) in [4.78, 5) is 18.8. The first kappa shape index (κ1) is 20.9. The van der Waals surface area contributed by atoms with Gasteiger partial charge in [-0.1, -0.05) is 19.8 Å². The molecule has 2 aliphatic heterocycles. The van der Waals surface area contributed by atoms with E-state index in [2.05, 4.69) is 46.2 Å². The van der Waals surface area contributed by atoms with E-state index in [4.69, 9.17) is 9.47 Å². The third-order valence-corrected chi connectivity index (χ3v) is 6.84. The first-order valence-electron chi connectivity index (χ1n) is 11.5. The molecule has 0 aliphatic carbocycles. The fourth-order valence-electron chi connectivity index (χ4n) is 4.61. The molecule has 1 fully saturated rings. The average Bonchev–Trinajstić information content (AvgIpc) is 3.37. The maximum Gasteiger partial charge on any atom is 0.253 e. The normalized spacial score (nSPS) is 18.1. The molecule has 0 bridgehead atoms. The van der Waals surface area contributed by atoms with E-state index in [-0.39, 0.29) is 23.9 Å². The summed E-state index contributed by atoms with van der Waals surface area (Å²) in [5.41, 5.74) is 0.986. The smallest absolute Gasteiger partial charge is 0.253 e. The number of nitrogens with zero attached hydrogens (tertiary/aromatic N) is 5. The van der Waals surface area contributed by atoms with Crippen LogP contribution in [0.3, 0.4) is 0 Å². The van der Waals surface area contributed by atoms with Gasteiger partial charge in [-0.2, -0.15) is 0 Å². The molecule has 3 aromatic rings. The molecule has 0 amide bonds. The highest BCUT2D eigenvalue weighted by atomic mass is 16.7. The molecule has 4 heterocycles. The Kier molecular flexibility index (Phi) is 5.36. The summed E-state index contributed by atoms with van der Waals surface area (Å²) >= 11 is 0. The summed E-state index contributed by atoms with van der Waals surface area (Å²) in [5, 5.41) is 13.7. The molecule has 2 aliphatic rings. The first-order valence-corrected chi connectivity index (χ1v) is 11.5. The van der Waals surface area contributed by atoms with Gasteiger partial charge in [0.2, 0.25) is 6.79 Å². The number of aromatic amines is 1. The second kappa shape index (κ2) is 8.20. The number of rotatable bonds is 5. The molecule has 32 heavy (non-hydrogen) atoms. The average molecular weight is 439 g/mol. The number of likely N-dealkylation sites (tertiary alicyclic amines) is 1. The standard InChI is InChI=1S/C23H30N6O3/c1-4-23(2,3)29-21(25-26-27-29)20(28-9-7-5-6-8-10-28)16-11-15-12-18-19(32-14-31-18)13-17(15)24-22(16)30/h11-13,20H,4-10,14H2,1-3H3,(H,24,30). The maximum absolute atomic E-state index is 13.4. The van der Waals surface area contributed by atoms with Crippen LogP contribution in [0.5, 0.6) is 11.5 Å². The summed E-state index contributed by atoms with van der Waals surface area (Å²) in [6, 6.07) is 5.39. The van der Waals surface area contributed by atoms with E-state index >= 15 is 0 Å². The zero-order chi connectivity index (χ0) is 22.3.